The number of thiol groups is 1. The Morgan fingerprint density at radius 1 is 0.740 bits per heavy atom. The first-order valence-corrected chi connectivity index (χ1v) is 25.0. The topological polar surface area (TPSA) is 306 Å². The van der Waals surface area contributed by atoms with Gasteiger partial charge in [0.25, 0.3) is 0 Å². The van der Waals surface area contributed by atoms with Crippen molar-refractivity contribution in [3.63, 3.8) is 0 Å². The van der Waals surface area contributed by atoms with Gasteiger partial charge in [-0.05, 0) is 67.5 Å². The highest BCUT2D eigenvalue weighted by molar-refractivity contribution is 7.80. The second kappa shape index (κ2) is 29.3. The number of phenolic OH excluding ortho intramolecular Hbond substituents is 1. The normalized spacial score (nSPS) is 15.3. The van der Waals surface area contributed by atoms with Crippen LogP contribution < -0.4 is 38.1 Å². The third-order valence-electron chi connectivity index (χ3n) is 12.7. The number of rotatable bonds is 28. The zero-order chi connectivity index (χ0) is 53.6. The zero-order valence-electron chi connectivity index (χ0n) is 42.1. The number of nitrogens with one attached hydrogen (secondary N) is 6. The summed E-state index contributed by atoms with van der Waals surface area (Å²) >= 11 is 4.24. The van der Waals surface area contributed by atoms with Gasteiger partial charge in [-0.1, -0.05) is 79.7 Å². The summed E-state index contributed by atoms with van der Waals surface area (Å²) in [7, 11) is 4.52. The number of carbonyl (C=O) groups is 8. The average Bonchev–Trinajstić information content (AvgIpc) is 3.85. The molecule has 3 aromatic rings. The van der Waals surface area contributed by atoms with Crippen LogP contribution in [0.1, 0.15) is 55.7 Å². The number of benzene rings is 3. The first-order chi connectivity index (χ1) is 34.8. The van der Waals surface area contributed by atoms with Crippen molar-refractivity contribution in [2.45, 2.75) is 94.5 Å². The first kappa shape index (κ1) is 58.4. The van der Waals surface area contributed by atoms with Crippen molar-refractivity contribution in [1.82, 2.24) is 46.2 Å². The van der Waals surface area contributed by atoms with E-state index in [1.54, 1.807) is 43.1 Å². The Bertz CT molecular complexity index is 2350. The van der Waals surface area contributed by atoms with Crippen LogP contribution >= 0.6 is 12.6 Å². The van der Waals surface area contributed by atoms with Gasteiger partial charge in [0.05, 0.1) is 19.1 Å². The van der Waals surface area contributed by atoms with E-state index < -0.39 is 90.7 Å². The van der Waals surface area contributed by atoms with Crippen molar-refractivity contribution in [3.8, 4) is 5.75 Å². The molecule has 6 atom stereocenters. The summed E-state index contributed by atoms with van der Waals surface area (Å²) in [6, 6.07) is 19.2. The van der Waals surface area contributed by atoms with E-state index in [9.17, 15) is 43.5 Å². The molecular formula is C51H72N12O9S. The second-order valence-corrected chi connectivity index (χ2v) is 18.5. The summed E-state index contributed by atoms with van der Waals surface area (Å²) in [4.78, 5) is 114. The Morgan fingerprint density at radius 3 is 1.92 bits per heavy atom. The third kappa shape index (κ3) is 18.7. The van der Waals surface area contributed by atoms with E-state index in [-0.39, 0.29) is 62.1 Å². The van der Waals surface area contributed by atoms with E-state index in [1.807, 2.05) is 53.4 Å². The summed E-state index contributed by atoms with van der Waals surface area (Å²) < 4.78 is 0. The minimum absolute atomic E-state index is 0.00324. The minimum atomic E-state index is -1.18. The van der Waals surface area contributed by atoms with Gasteiger partial charge < -0.3 is 57.9 Å². The summed E-state index contributed by atoms with van der Waals surface area (Å²) in [6.07, 6.45) is 2.24. The number of carbonyl (C=O) groups excluding carboxylic acids is 8. The second-order valence-electron chi connectivity index (χ2n) is 18.2. The van der Waals surface area contributed by atoms with Crippen LogP contribution in [0.15, 0.2) is 84.9 Å². The molecule has 1 aliphatic heterocycles. The number of likely N-dealkylation sites (tertiary alicyclic amines) is 1. The first-order valence-electron chi connectivity index (χ1n) is 24.3. The fraction of sp³-hybridized carbons (Fsp3) is 0.471. The van der Waals surface area contributed by atoms with E-state index in [1.165, 1.54) is 36.0 Å². The van der Waals surface area contributed by atoms with Crippen molar-refractivity contribution in [2.75, 3.05) is 59.6 Å². The van der Waals surface area contributed by atoms with Gasteiger partial charge in [0, 0.05) is 65.3 Å². The molecule has 0 saturated carbocycles. The van der Waals surface area contributed by atoms with Gasteiger partial charge in [-0.2, -0.15) is 12.6 Å². The highest BCUT2D eigenvalue weighted by Gasteiger charge is 2.38. The van der Waals surface area contributed by atoms with E-state index in [0.29, 0.717) is 37.8 Å². The van der Waals surface area contributed by atoms with E-state index in [2.05, 4.69) is 39.2 Å². The summed E-state index contributed by atoms with van der Waals surface area (Å²) in [6.45, 7) is 1.76. The molecule has 1 fully saturated rings. The molecule has 8 amide bonds. The van der Waals surface area contributed by atoms with Crippen molar-refractivity contribution < 1.29 is 43.5 Å². The molecule has 396 valence electrons. The summed E-state index contributed by atoms with van der Waals surface area (Å²) in [5.74, 6) is -4.66. The van der Waals surface area contributed by atoms with Crippen LogP contribution in [0.25, 0.3) is 0 Å². The van der Waals surface area contributed by atoms with E-state index >= 15 is 0 Å². The van der Waals surface area contributed by atoms with Gasteiger partial charge in [0.1, 0.15) is 29.9 Å². The highest BCUT2D eigenvalue weighted by atomic mass is 32.1. The molecule has 1 saturated heterocycles. The maximum atomic E-state index is 14.9. The minimum Gasteiger partial charge on any atom is -0.508 e. The number of primary amides is 1. The highest BCUT2D eigenvalue weighted by Crippen LogP contribution is 2.22. The molecule has 11 N–H and O–H groups in total. The lowest BCUT2D eigenvalue weighted by molar-refractivity contribution is -0.147. The van der Waals surface area contributed by atoms with Crippen molar-refractivity contribution in [3.05, 3.63) is 102 Å². The summed E-state index contributed by atoms with van der Waals surface area (Å²) in [5, 5.41) is 31.0. The lowest BCUT2D eigenvalue weighted by Gasteiger charge is -2.36. The Balaban J connectivity index is 1.59. The molecule has 5 unspecified atom stereocenters. The van der Waals surface area contributed by atoms with E-state index in [0.717, 1.165) is 11.1 Å². The summed E-state index contributed by atoms with van der Waals surface area (Å²) in [5.41, 5.74) is 12.9. The van der Waals surface area contributed by atoms with Crippen LogP contribution in [0.3, 0.4) is 0 Å². The van der Waals surface area contributed by atoms with Crippen LogP contribution in [-0.4, -0.2) is 174 Å². The number of phenols is 1. The average molecular weight is 1030 g/mol. The van der Waals surface area contributed by atoms with Crippen LogP contribution in [0.5, 0.6) is 5.75 Å². The molecule has 73 heavy (non-hydrogen) atoms. The number of hydrogen-bond donors (Lipinski definition) is 10. The van der Waals surface area contributed by atoms with E-state index in [4.69, 9.17) is 16.9 Å². The number of nitrogens with zero attached hydrogens (tertiary/aromatic N) is 4. The molecule has 0 aromatic heterocycles. The molecular weight excluding hydrogens is 957 g/mol. The van der Waals surface area contributed by atoms with Crippen LogP contribution in [0.4, 0.5) is 0 Å². The van der Waals surface area contributed by atoms with Crippen LogP contribution in [0.2, 0.25) is 0 Å². The van der Waals surface area contributed by atoms with Gasteiger partial charge in [-0.25, -0.2) is 0 Å². The number of hydrogen-bond acceptors (Lipinski definition) is 12. The lowest BCUT2D eigenvalue weighted by Crippen LogP contribution is -2.58. The lowest BCUT2D eigenvalue weighted by atomic mass is 10.0. The quantitative estimate of drug-likeness (QED) is 0.0193. The molecule has 1 heterocycles. The molecule has 21 nitrogen and oxygen atoms in total. The fourth-order valence-electron chi connectivity index (χ4n) is 8.57. The van der Waals surface area contributed by atoms with Crippen LogP contribution in [-0.2, 0) is 57.6 Å². The van der Waals surface area contributed by atoms with Gasteiger partial charge in [-0.15, -0.1) is 0 Å². The predicted octanol–water partition coefficient (Wildman–Crippen LogP) is -0.344. The Hall–Kier alpha value is -7.20. The predicted molar refractivity (Wildman–Crippen MR) is 279 cm³/mol. The molecule has 3 aromatic carbocycles. The molecule has 22 heteroatoms. The largest absolute Gasteiger partial charge is 0.508 e. The number of nitrogens with two attached hydrogens (primary N) is 2. The molecule has 0 radical (unpaired) electrons. The monoisotopic (exact) mass is 1030 g/mol. The smallest absolute Gasteiger partial charge is 0.245 e. The van der Waals surface area contributed by atoms with Gasteiger partial charge in [-0.3, -0.25) is 48.7 Å². The molecule has 0 bridgehead atoms. The van der Waals surface area contributed by atoms with Crippen molar-refractivity contribution in [1.29, 1.82) is 5.41 Å². The Labute approximate surface area is 432 Å². The number of guanidine groups is 1. The Kier molecular flexibility index (Phi) is 23.5. The zero-order valence-corrected chi connectivity index (χ0v) is 42.9. The number of aromatic hydroxyl groups is 1. The SMILES string of the molecule is CCC(=O)NC(CCCNC(=N)N)C(=O)N(C)C(Cc1ccccc1)C(=O)N(C)CC(=O)NC(Cc1ccc(O)cc1)C(=O)N(C)C(Cc1ccccc1)CN1CCC[C@@H]1C(=O)NC(CS)C(=O)NCC(N)=O. The number of amides is 8. The van der Waals surface area contributed by atoms with Crippen molar-refractivity contribution in [2.24, 2.45) is 11.5 Å². The molecule has 1 aliphatic rings. The molecule has 4 rings (SSSR count). The fourth-order valence-corrected chi connectivity index (χ4v) is 8.83. The van der Waals surface area contributed by atoms with Crippen LogP contribution in [0, 0.1) is 5.41 Å². The van der Waals surface area contributed by atoms with Gasteiger partial charge in [0.15, 0.2) is 5.96 Å². The van der Waals surface area contributed by atoms with Crippen molar-refractivity contribution >= 4 is 65.8 Å². The third-order valence-corrected chi connectivity index (χ3v) is 13.0. The van der Waals surface area contributed by atoms with Gasteiger partial charge in [0.2, 0.25) is 47.3 Å². The Morgan fingerprint density at radius 2 is 1.33 bits per heavy atom. The standard InChI is InChI=1S/C51H72N12O9S/c1-5-44(66)57-38(18-12-24-55-51(53)54)48(70)62(4)42(28-34-16-10-7-11-17-34)50(72)60(2)31-45(67)58-39(27-35-20-22-37(64)23-21-35)49(71)61(3)36(26-33-14-8-6-9-15-33)30-63-25-13-19-41(63)47(69)59-40(32-73)46(68)56-29-43(52)65/h6-11,14-17,20-23,36,38-42,64,73H,5,12-13,18-19,24-32H2,1-4H3,(H2,52,65)(H,56,68)(H,57,66)(H,58,67)(H,59,69)(H4,53,54,55)/t36?,38?,39?,40?,41-,42?/m1/s1. The maximum Gasteiger partial charge on any atom is 0.245 e. The number of likely N-dealkylation sites (N-methyl/N-ethyl adjacent to an activating group) is 3. The maximum absolute atomic E-state index is 14.9. The van der Waals surface area contributed by atoms with Gasteiger partial charge >= 0.3 is 0 Å². The molecule has 0 spiro atoms. The molecule has 0 aliphatic carbocycles.